The monoisotopic (exact) mass is 680 g/mol. The molecular weight excluding hydrogens is 645 g/mol. The van der Waals surface area contributed by atoms with Crippen molar-refractivity contribution in [2.45, 2.75) is 57.9 Å². The Bertz CT molecular complexity index is 1760. The second-order valence-corrected chi connectivity index (χ2v) is 13.3. The number of nitrogens with zero attached hydrogens (tertiary/aromatic N) is 7. The SMILES string of the molecule is C[C@@H]1C[C@H](C(=O)Nc2ccc(C(F)(F)F)cc2Cl)n2c1c(N1CCN(C(=O)OC(C)(C)C)CC1)c(=O)n1nc(N3CCOCC3)nc21. The Morgan fingerprint density at radius 1 is 1.04 bits per heavy atom. The van der Waals surface area contributed by atoms with Gasteiger partial charge < -0.3 is 29.5 Å². The first-order chi connectivity index (χ1) is 22.1. The predicted octanol–water partition coefficient (Wildman–Crippen LogP) is 4.14. The van der Waals surface area contributed by atoms with E-state index in [-0.39, 0.29) is 28.8 Å². The van der Waals surface area contributed by atoms with Crippen LogP contribution in [0, 0.1) is 0 Å². The number of hydrogen-bond acceptors (Lipinski definition) is 9. The molecule has 0 spiro atoms. The minimum Gasteiger partial charge on any atom is -0.444 e. The quantitative estimate of drug-likeness (QED) is 0.433. The lowest BCUT2D eigenvalue weighted by molar-refractivity contribution is -0.137. The van der Waals surface area contributed by atoms with Gasteiger partial charge >= 0.3 is 12.3 Å². The summed E-state index contributed by atoms with van der Waals surface area (Å²) in [4.78, 5) is 50.9. The maximum Gasteiger partial charge on any atom is 0.416 e. The smallest absolute Gasteiger partial charge is 0.416 e. The maximum absolute atomic E-state index is 14.2. The highest BCUT2D eigenvalue weighted by Gasteiger charge is 2.41. The van der Waals surface area contributed by atoms with Crippen LogP contribution in [0.15, 0.2) is 23.0 Å². The number of amides is 2. The van der Waals surface area contributed by atoms with E-state index < -0.39 is 40.9 Å². The number of aromatic nitrogens is 4. The molecule has 1 aromatic carbocycles. The minimum atomic E-state index is -4.59. The molecule has 0 radical (unpaired) electrons. The van der Waals surface area contributed by atoms with Crippen LogP contribution in [0.4, 0.5) is 35.3 Å². The van der Waals surface area contributed by atoms with Gasteiger partial charge in [0.1, 0.15) is 17.3 Å². The van der Waals surface area contributed by atoms with Crippen molar-refractivity contribution in [3.8, 4) is 0 Å². The van der Waals surface area contributed by atoms with Crippen LogP contribution >= 0.6 is 11.6 Å². The fourth-order valence-electron chi connectivity index (χ4n) is 6.21. The van der Waals surface area contributed by atoms with E-state index in [9.17, 15) is 27.6 Å². The molecule has 254 valence electrons. The zero-order valence-electron chi connectivity index (χ0n) is 26.4. The number of fused-ring (bicyclic) bond motifs is 3. The molecule has 0 bridgehead atoms. The molecule has 5 heterocycles. The van der Waals surface area contributed by atoms with E-state index in [1.807, 2.05) is 16.7 Å². The molecule has 6 rings (SSSR count). The molecule has 3 aliphatic rings. The van der Waals surface area contributed by atoms with Crippen LogP contribution < -0.4 is 20.7 Å². The highest BCUT2D eigenvalue weighted by atomic mass is 35.5. The molecule has 3 aliphatic heterocycles. The number of rotatable bonds is 4. The van der Waals surface area contributed by atoms with Crippen LogP contribution in [-0.2, 0) is 20.4 Å². The first kappa shape index (κ1) is 32.9. The molecule has 3 aromatic rings. The zero-order chi connectivity index (χ0) is 33.8. The lowest BCUT2D eigenvalue weighted by atomic mass is 10.0. The lowest BCUT2D eigenvalue weighted by Crippen LogP contribution is -2.51. The minimum absolute atomic E-state index is 0.0248. The van der Waals surface area contributed by atoms with Gasteiger partial charge in [0.2, 0.25) is 17.6 Å². The van der Waals surface area contributed by atoms with E-state index >= 15 is 0 Å². The molecule has 2 atom stereocenters. The van der Waals surface area contributed by atoms with Gasteiger partial charge in [-0.05, 0) is 45.4 Å². The van der Waals surface area contributed by atoms with E-state index in [4.69, 9.17) is 26.1 Å². The first-order valence-electron chi connectivity index (χ1n) is 15.4. The molecule has 2 saturated heterocycles. The van der Waals surface area contributed by atoms with Crippen LogP contribution in [0.1, 0.15) is 57.3 Å². The predicted molar refractivity (Wildman–Crippen MR) is 167 cm³/mol. The summed E-state index contributed by atoms with van der Waals surface area (Å²) in [7, 11) is 0. The van der Waals surface area contributed by atoms with Crippen LogP contribution in [0.3, 0.4) is 0 Å². The van der Waals surface area contributed by atoms with Crippen molar-refractivity contribution in [2.24, 2.45) is 0 Å². The summed E-state index contributed by atoms with van der Waals surface area (Å²) in [5.41, 5.74) is -1.02. The maximum atomic E-state index is 14.2. The van der Waals surface area contributed by atoms with Gasteiger partial charge in [0.05, 0.1) is 35.2 Å². The number of ether oxygens (including phenoxy) is 2. The van der Waals surface area contributed by atoms with Gasteiger partial charge in [-0.15, -0.1) is 5.10 Å². The largest absolute Gasteiger partial charge is 0.444 e. The molecule has 13 nitrogen and oxygen atoms in total. The second-order valence-electron chi connectivity index (χ2n) is 12.9. The molecule has 47 heavy (non-hydrogen) atoms. The van der Waals surface area contributed by atoms with Gasteiger partial charge in [-0.25, -0.2) is 4.79 Å². The number of carbonyl (C=O) groups is 2. The van der Waals surface area contributed by atoms with Gasteiger partial charge in [0.25, 0.3) is 5.56 Å². The summed E-state index contributed by atoms with van der Waals surface area (Å²) >= 11 is 6.17. The van der Waals surface area contributed by atoms with E-state index in [1.54, 1.807) is 30.2 Å². The van der Waals surface area contributed by atoms with Crippen molar-refractivity contribution in [2.75, 3.05) is 67.6 Å². The van der Waals surface area contributed by atoms with E-state index in [2.05, 4.69) is 10.4 Å². The highest BCUT2D eigenvalue weighted by molar-refractivity contribution is 6.33. The fourth-order valence-corrected chi connectivity index (χ4v) is 6.44. The average molecular weight is 681 g/mol. The third kappa shape index (κ3) is 6.44. The number of nitrogens with one attached hydrogen (secondary N) is 1. The number of hydrogen-bond donors (Lipinski definition) is 1. The summed E-state index contributed by atoms with van der Waals surface area (Å²) in [6, 6.07) is 1.85. The second kappa shape index (κ2) is 12.2. The standard InChI is InChI=1S/C30H36ClF3N8O5/c1-17-15-21(24(43)35-20-6-5-18(16-19(20)31)30(32,33)34)41-22(17)23(38-7-9-40(10-8-38)28(45)47-29(2,3)4)25(44)42-27(41)36-26(37-42)39-11-13-46-14-12-39/h5-6,16-17,21H,7-15H2,1-4H3,(H,35,43)/t17-,21-/m1/s1. The molecule has 2 amide bonds. The van der Waals surface area contributed by atoms with Crippen LogP contribution in [0.25, 0.3) is 5.78 Å². The molecule has 2 fully saturated rings. The van der Waals surface area contributed by atoms with Gasteiger partial charge in [-0.1, -0.05) is 18.5 Å². The molecule has 1 N–H and O–H groups in total. The number of alkyl halides is 3. The van der Waals surface area contributed by atoms with Crippen LogP contribution in [0.5, 0.6) is 0 Å². The van der Waals surface area contributed by atoms with E-state index in [0.717, 1.165) is 18.2 Å². The Labute approximate surface area is 273 Å². The van der Waals surface area contributed by atoms with Crippen LogP contribution in [0.2, 0.25) is 5.02 Å². The van der Waals surface area contributed by atoms with Gasteiger partial charge in [0, 0.05) is 45.2 Å². The molecule has 0 unspecified atom stereocenters. The summed E-state index contributed by atoms with van der Waals surface area (Å²) in [6.07, 6.45) is -4.74. The molecule has 0 aliphatic carbocycles. The van der Waals surface area contributed by atoms with Gasteiger partial charge in [0.15, 0.2) is 0 Å². The topological polar surface area (TPSA) is 127 Å². The van der Waals surface area contributed by atoms with Crippen molar-refractivity contribution in [3.63, 3.8) is 0 Å². The first-order valence-corrected chi connectivity index (χ1v) is 15.8. The van der Waals surface area contributed by atoms with Gasteiger partial charge in [-0.3, -0.25) is 14.2 Å². The van der Waals surface area contributed by atoms with E-state index in [0.29, 0.717) is 69.8 Å². The molecule has 2 aromatic heterocycles. The van der Waals surface area contributed by atoms with Gasteiger partial charge in [-0.2, -0.15) is 22.7 Å². The Hall–Kier alpha value is -4.05. The Morgan fingerprint density at radius 2 is 1.72 bits per heavy atom. The third-order valence-electron chi connectivity index (χ3n) is 8.45. The van der Waals surface area contributed by atoms with E-state index in [1.165, 1.54) is 4.52 Å². The zero-order valence-corrected chi connectivity index (χ0v) is 27.2. The normalized spacial score (nSPS) is 20.5. The summed E-state index contributed by atoms with van der Waals surface area (Å²) < 4.78 is 53.6. The Morgan fingerprint density at radius 3 is 2.34 bits per heavy atom. The summed E-state index contributed by atoms with van der Waals surface area (Å²) in [5, 5.41) is 7.00. The Kier molecular flexibility index (Phi) is 8.53. The number of anilines is 3. The van der Waals surface area contributed by atoms with Crippen molar-refractivity contribution >= 4 is 46.7 Å². The number of carbonyl (C=O) groups excluding carboxylic acids is 2. The van der Waals surface area contributed by atoms with Crippen molar-refractivity contribution in [1.82, 2.24) is 24.1 Å². The Balaban J connectivity index is 1.38. The van der Waals surface area contributed by atoms with Crippen molar-refractivity contribution in [1.29, 1.82) is 0 Å². The third-order valence-corrected chi connectivity index (χ3v) is 8.76. The summed E-state index contributed by atoms with van der Waals surface area (Å²) in [6.45, 7) is 10.6. The number of halogens is 4. The van der Waals surface area contributed by atoms with Crippen molar-refractivity contribution in [3.05, 3.63) is 44.8 Å². The lowest BCUT2D eigenvalue weighted by Gasteiger charge is -2.37. The molecule has 17 heteroatoms. The number of morpholine rings is 1. The van der Waals surface area contributed by atoms with Crippen molar-refractivity contribution < 1.29 is 32.2 Å². The number of benzene rings is 1. The average Bonchev–Trinajstić information content (AvgIpc) is 3.60. The summed E-state index contributed by atoms with van der Waals surface area (Å²) in [5.74, 6) is -0.324. The molecular formula is C30H36ClF3N8O5. The molecule has 0 saturated carbocycles. The highest BCUT2D eigenvalue weighted by Crippen LogP contribution is 2.42. The number of piperazine rings is 1. The van der Waals surface area contributed by atoms with Crippen LogP contribution in [-0.4, -0.2) is 94.1 Å². The fraction of sp³-hybridized carbons (Fsp3) is 0.567.